The lowest BCUT2D eigenvalue weighted by Crippen LogP contribution is -2.41. The lowest BCUT2D eigenvalue weighted by molar-refractivity contribution is -0.144. The number of halogens is 1. The molecule has 0 radical (unpaired) electrons. The molecule has 1 N–H and O–H groups in total. The van der Waals surface area contributed by atoms with Crippen LogP contribution in [0.5, 0.6) is 5.75 Å². The normalized spacial score (nSPS) is 20.2. The average molecular weight is 510 g/mol. The quantitative estimate of drug-likeness (QED) is 0.528. The lowest BCUT2D eigenvalue weighted by atomic mass is 9.70. The van der Waals surface area contributed by atoms with Crippen molar-refractivity contribution in [2.75, 3.05) is 7.11 Å². The molecule has 172 valence electrons. The number of nitrogens with one attached hydrogen (secondary N) is 1. The van der Waals surface area contributed by atoms with Gasteiger partial charge in [-0.3, -0.25) is 9.59 Å². The highest BCUT2D eigenvalue weighted by Gasteiger charge is 2.44. The van der Waals surface area contributed by atoms with Crippen LogP contribution >= 0.6 is 15.9 Å². The highest BCUT2D eigenvalue weighted by Crippen LogP contribution is 2.45. The van der Waals surface area contributed by atoms with Gasteiger partial charge in [0.15, 0.2) is 5.78 Å². The molecule has 4 rings (SSSR count). The van der Waals surface area contributed by atoms with E-state index in [0.717, 1.165) is 51.0 Å². The lowest BCUT2D eigenvalue weighted by Gasteiger charge is -2.38. The molecule has 2 aromatic carbocycles. The van der Waals surface area contributed by atoms with Gasteiger partial charge in [0, 0.05) is 29.3 Å². The third kappa shape index (κ3) is 4.49. The largest absolute Gasteiger partial charge is 0.488 e. The van der Waals surface area contributed by atoms with Crippen LogP contribution in [0.2, 0.25) is 0 Å². The highest BCUT2D eigenvalue weighted by molar-refractivity contribution is 9.10. The summed E-state index contributed by atoms with van der Waals surface area (Å²) in [4.78, 5) is 25.9. The third-order valence-corrected chi connectivity index (χ3v) is 7.18. The smallest absolute Gasteiger partial charge is 0.315 e. The Morgan fingerprint density at radius 2 is 1.94 bits per heavy atom. The van der Waals surface area contributed by atoms with E-state index in [4.69, 9.17) is 9.47 Å². The molecule has 2 aliphatic rings. The number of methoxy groups -OCH3 is 1. The Kier molecular flexibility index (Phi) is 6.75. The molecule has 0 spiro atoms. The molecule has 2 atom stereocenters. The number of esters is 1. The van der Waals surface area contributed by atoms with E-state index in [2.05, 4.69) is 40.0 Å². The van der Waals surface area contributed by atoms with Crippen LogP contribution in [0.15, 0.2) is 64.4 Å². The zero-order chi connectivity index (χ0) is 23.7. The molecule has 1 heterocycles. The standard InChI is InChI=1S/C27H28BrNO4/c1-15-12-16(2)19(13-18(15)14-33-23-11-6-5-8-20(23)28)25-24(27(31)32-4)17(3)29-21-9-7-10-22(30)26(21)25/h5-6,8,11-13,24-25,29H,3,7,9-10,14H2,1-2,4H3. The van der Waals surface area contributed by atoms with Crippen molar-refractivity contribution < 1.29 is 19.1 Å². The molecule has 5 nitrogen and oxygen atoms in total. The summed E-state index contributed by atoms with van der Waals surface area (Å²) in [6, 6.07) is 11.9. The number of carbonyl (C=O) groups is 2. The number of hydrogen-bond acceptors (Lipinski definition) is 5. The minimum absolute atomic E-state index is 0.0844. The topological polar surface area (TPSA) is 64.6 Å². The van der Waals surface area contributed by atoms with Crippen molar-refractivity contribution in [1.29, 1.82) is 0 Å². The summed E-state index contributed by atoms with van der Waals surface area (Å²) in [5.74, 6) is -0.658. The van der Waals surface area contributed by atoms with Gasteiger partial charge in [-0.15, -0.1) is 0 Å². The third-order valence-electron chi connectivity index (χ3n) is 6.52. The fourth-order valence-electron chi connectivity index (χ4n) is 4.86. The molecule has 0 saturated carbocycles. The van der Waals surface area contributed by atoms with E-state index in [1.54, 1.807) is 0 Å². The second-order valence-electron chi connectivity index (χ2n) is 8.65. The Bertz CT molecular complexity index is 1170. The summed E-state index contributed by atoms with van der Waals surface area (Å²) in [5.41, 5.74) is 6.20. The van der Waals surface area contributed by atoms with Crippen LogP contribution in [0.3, 0.4) is 0 Å². The molecule has 0 amide bonds. The van der Waals surface area contributed by atoms with Gasteiger partial charge in [0.1, 0.15) is 18.3 Å². The summed E-state index contributed by atoms with van der Waals surface area (Å²) >= 11 is 3.52. The number of benzene rings is 2. The predicted octanol–water partition coefficient (Wildman–Crippen LogP) is 5.64. The Hall–Kier alpha value is -2.86. The van der Waals surface area contributed by atoms with Gasteiger partial charge < -0.3 is 14.8 Å². The number of Topliss-reactive ketones (excluding diaryl/α,β-unsaturated/α-hetero) is 1. The minimum atomic E-state index is -0.672. The molecule has 2 aromatic rings. The number of ether oxygens (including phenoxy) is 2. The second kappa shape index (κ2) is 9.56. The molecule has 0 bridgehead atoms. The monoisotopic (exact) mass is 509 g/mol. The molecule has 0 fully saturated rings. The Morgan fingerprint density at radius 3 is 2.67 bits per heavy atom. The zero-order valence-corrected chi connectivity index (χ0v) is 20.8. The molecule has 1 aliphatic carbocycles. The van der Waals surface area contributed by atoms with Crippen LogP contribution in [0, 0.1) is 19.8 Å². The fraction of sp³-hybridized carbons (Fsp3) is 0.333. The molecule has 0 saturated heterocycles. The van der Waals surface area contributed by atoms with Crippen LogP contribution in [-0.2, 0) is 20.9 Å². The number of para-hydroxylation sites is 1. The van der Waals surface area contributed by atoms with Crippen molar-refractivity contribution in [1.82, 2.24) is 5.32 Å². The van der Waals surface area contributed by atoms with Crippen molar-refractivity contribution >= 4 is 27.7 Å². The van der Waals surface area contributed by atoms with E-state index < -0.39 is 17.8 Å². The van der Waals surface area contributed by atoms with Crippen molar-refractivity contribution in [2.24, 2.45) is 5.92 Å². The van der Waals surface area contributed by atoms with E-state index >= 15 is 0 Å². The molecule has 2 unspecified atom stereocenters. The maximum Gasteiger partial charge on any atom is 0.315 e. The summed E-state index contributed by atoms with van der Waals surface area (Å²) in [6.45, 7) is 8.56. The molecular formula is C27H28BrNO4. The van der Waals surface area contributed by atoms with Crippen molar-refractivity contribution in [3.05, 3.63) is 86.7 Å². The van der Waals surface area contributed by atoms with E-state index in [9.17, 15) is 9.59 Å². The minimum Gasteiger partial charge on any atom is -0.488 e. The summed E-state index contributed by atoms with van der Waals surface area (Å²) < 4.78 is 12.1. The SMILES string of the molecule is C=C1NC2=C(C(=O)CCC2)C(c2cc(COc3ccccc3Br)c(C)cc2C)C1C(=O)OC. The van der Waals surface area contributed by atoms with E-state index in [1.165, 1.54) is 7.11 Å². The van der Waals surface area contributed by atoms with E-state index in [1.807, 2.05) is 38.1 Å². The van der Waals surface area contributed by atoms with E-state index in [-0.39, 0.29) is 5.78 Å². The second-order valence-corrected chi connectivity index (χ2v) is 9.51. The first-order valence-electron chi connectivity index (χ1n) is 11.1. The first-order chi connectivity index (χ1) is 15.8. The molecule has 0 aromatic heterocycles. The summed E-state index contributed by atoms with van der Waals surface area (Å²) in [5, 5.41) is 3.25. The van der Waals surface area contributed by atoms with Crippen LogP contribution in [0.25, 0.3) is 0 Å². The number of allylic oxidation sites excluding steroid dienone is 2. The predicted molar refractivity (Wildman–Crippen MR) is 131 cm³/mol. The number of ketones is 1. The van der Waals surface area contributed by atoms with Crippen LogP contribution in [0.1, 0.15) is 47.4 Å². The maximum absolute atomic E-state index is 13.1. The molecule has 33 heavy (non-hydrogen) atoms. The van der Waals surface area contributed by atoms with Crippen LogP contribution in [-0.4, -0.2) is 18.9 Å². The van der Waals surface area contributed by atoms with Gasteiger partial charge in [-0.05, 0) is 77.0 Å². The number of aryl methyl sites for hydroxylation is 2. The van der Waals surface area contributed by atoms with Crippen molar-refractivity contribution in [3.8, 4) is 5.75 Å². The molecule has 6 heteroatoms. The summed E-state index contributed by atoms with van der Waals surface area (Å²) in [6.07, 6.45) is 2.05. The Morgan fingerprint density at radius 1 is 1.18 bits per heavy atom. The Labute approximate surface area is 203 Å². The van der Waals surface area contributed by atoms with Crippen molar-refractivity contribution in [2.45, 2.75) is 45.6 Å². The fourth-order valence-corrected chi connectivity index (χ4v) is 5.26. The maximum atomic E-state index is 13.1. The van der Waals surface area contributed by atoms with Gasteiger partial charge in [-0.25, -0.2) is 0 Å². The summed E-state index contributed by atoms with van der Waals surface area (Å²) in [7, 11) is 1.37. The zero-order valence-electron chi connectivity index (χ0n) is 19.2. The van der Waals surface area contributed by atoms with Gasteiger partial charge in [0.25, 0.3) is 0 Å². The van der Waals surface area contributed by atoms with Gasteiger partial charge in [-0.1, -0.05) is 30.8 Å². The van der Waals surface area contributed by atoms with Crippen LogP contribution < -0.4 is 10.1 Å². The number of hydrogen-bond donors (Lipinski definition) is 1. The molecule has 1 aliphatic heterocycles. The van der Waals surface area contributed by atoms with Crippen LogP contribution in [0.4, 0.5) is 0 Å². The Balaban J connectivity index is 1.79. The van der Waals surface area contributed by atoms with Gasteiger partial charge in [-0.2, -0.15) is 0 Å². The average Bonchev–Trinajstić information content (AvgIpc) is 2.78. The van der Waals surface area contributed by atoms with Gasteiger partial charge >= 0.3 is 5.97 Å². The first kappa shape index (κ1) is 23.3. The highest BCUT2D eigenvalue weighted by atomic mass is 79.9. The number of rotatable bonds is 5. The van der Waals surface area contributed by atoms with Crippen molar-refractivity contribution in [3.63, 3.8) is 0 Å². The molecular weight excluding hydrogens is 482 g/mol. The van der Waals surface area contributed by atoms with E-state index in [0.29, 0.717) is 24.3 Å². The number of carbonyl (C=O) groups excluding carboxylic acids is 2. The van der Waals surface area contributed by atoms with Gasteiger partial charge in [0.05, 0.1) is 11.6 Å². The van der Waals surface area contributed by atoms with Gasteiger partial charge in [0.2, 0.25) is 0 Å². The first-order valence-corrected chi connectivity index (χ1v) is 11.9.